The third kappa shape index (κ3) is 3.84. The van der Waals surface area contributed by atoms with Gasteiger partial charge in [-0.1, -0.05) is 37.3 Å². The first-order chi connectivity index (χ1) is 7.05. The van der Waals surface area contributed by atoms with Gasteiger partial charge in [0.2, 0.25) is 0 Å². The molecular weight excluding hydrogens is 188 g/mol. The smallest absolute Gasteiger partial charge is 0.162 e. The zero-order valence-electron chi connectivity index (χ0n) is 9.36. The summed E-state index contributed by atoms with van der Waals surface area (Å²) in [7, 11) is 0. The summed E-state index contributed by atoms with van der Waals surface area (Å²) in [6.45, 7) is 3.69. The monoisotopic (exact) mass is 206 g/mol. The van der Waals surface area contributed by atoms with Crippen LogP contribution in [0.3, 0.4) is 0 Å². The molecule has 1 rings (SSSR count). The molecule has 1 unspecified atom stereocenters. The van der Waals surface area contributed by atoms with Crippen LogP contribution >= 0.6 is 0 Å². The Hall–Kier alpha value is -1.15. The first-order valence-electron chi connectivity index (χ1n) is 5.36. The number of Topliss-reactive ketones (excluding diaryl/α,β-unsaturated/α-hetero) is 1. The zero-order valence-corrected chi connectivity index (χ0v) is 9.36. The lowest BCUT2D eigenvalue weighted by atomic mass is 9.94. The summed E-state index contributed by atoms with van der Waals surface area (Å²) in [4.78, 5) is 11.7. The average Bonchev–Trinajstić information content (AvgIpc) is 2.27. The van der Waals surface area contributed by atoms with Crippen molar-refractivity contribution in [2.24, 2.45) is 0 Å². The Bertz CT molecular complexity index is 315. The minimum atomic E-state index is -0.718. The quantitative estimate of drug-likeness (QED) is 0.752. The molecule has 0 aliphatic heterocycles. The second-order valence-electron chi connectivity index (χ2n) is 4.14. The Morgan fingerprint density at radius 2 is 1.93 bits per heavy atom. The molecule has 0 bridgehead atoms. The summed E-state index contributed by atoms with van der Waals surface area (Å²) in [5, 5.41) is 9.77. The molecule has 0 heterocycles. The van der Waals surface area contributed by atoms with Crippen molar-refractivity contribution >= 4 is 5.78 Å². The summed E-state index contributed by atoms with van der Waals surface area (Å²) in [5.41, 5.74) is 0.00848. The van der Waals surface area contributed by atoms with Crippen LogP contribution < -0.4 is 0 Å². The third-order valence-electron chi connectivity index (χ3n) is 2.75. The molecule has 0 saturated heterocycles. The van der Waals surface area contributed by atoms with Crippen LogP contribution in [0.2, 0.25) is 0 Å². The van der Waals surface area contributed by atoms with Crippen molar-refractivity contribution in [1.82, 2.24) is 0 Å². The normalized spacial score (nSPS) is 14.6. The van der Waals surface area contributed by atoms with Gasteiger partial charge in [-0.15, -0.1) is 0 Å². The van der Waals surface area contributed by atoms with E-state index in [1.54, 1.807) is 6.92 Å². The standard InChI is InChI=1S/C13H18O2/c1-3-13(2,15)10-9-12(14)11-7-5-4-6-8-11/h4-8,15H,3,9-10H2,1-2H3. The highest BCUT2D eigenvalue weighted by atomic mass is 16.3. The van der Waals surface area contributed by atoms with Crippen molar-refractivity contribution in [2.75, 3.05) is 0 Å². The highest BCUT2D eigenvalue weighted by molar-refractivity contribution is 5.95. The molecule has 0 radical (unpaired) electrons. The number of carbonyl (C=O) groups excluding carboxylic acids is 1. The molecule has 15 heavy (non-hydrogen) atoms. The van der Waals surface area contributed by atoms with E-state index in [9.17, 15) is 9.90 Å². The highest BCUT2D eigenvalue weighted by Gasteiger charge is 2.19. The fourth-order valence-electron chi connectivity index (χ4n) is 1.33. The van der Waals surface area contributed by atoms with E-state index >= 15 is 0 Å². The molecule has 0 aliphatic carbocycles. The maximum absolute atomic E-state index is 11.7. The number of carbonyl (C=O) groups is 1. The molecule has 82 valence electrons. The predicted molar refractivity (Wildman–Crippen MR) is 60.9 cm³/mol. The van der Waals surface area contributed by atoms with Crippen LogP contribution in [0.1, 0.15) is 43.5 Å². The number of hydrogen-bond acceptors (Lipinski definition) is 2. The summed E-state index contributed by atoms with van der Waals surface area (Å²) in [6, 6.07) is 9.21. The number of benzene rings is 1. The largest absolute Gasteiger partial charge is 0.390 e. The maximum Gasteiger partial charge on any atom is 0.162 e. The van der Waals surface area contributed by atoms with E-state index in [0.717, 1.165) is 5.56 Å². The zero-order chi connectivity index (χ0) is 11.3. The van der Waals surface area contributed by atoms with Gasteiger partial charge >= 0.3 is 0 Å². The van der Waals surface area contributed by atoms with Crippen molar-refractivity contribution in [1.29, 1.82) is 0 Å². The topological polar surface area (TPSA) is 37.3 Å². The van der Waals surface area contributed by atoms with Crippen molar-refractivity contribution in [3.8, 4) is 0 Å². The van der Waals surface area contributed by atoms with Gasteiger partial charge in [0, 0.05) is 12.0 Å². The van der Waals surface area contributed by atoms with Gasteiger partial charge in [0.15, 0.2) is 5.78 Å². The first-order valence-corrected chi connectivity index (χ1v) is 5.36. The molecule has 1 aromatic carbocycles. The molecule has 2 nitrogen and oxygen atoms in total. The minimum absolute atomic E-state index is 0.101. The van der Waals surface area contributed by atoms with E-state index < -0.39 is 5.60 Å². The molecule has 0 aromatic heterocycles. The Morgan fingerprint density at radius 3 is 2.47 bits per heavy atom. The number of aliphatic hydroxyl groups is 1. The summed E-state index contributed by atoms with van der Waals surface area (Å²) < 4.78 is 0. The van der Waals surface area contributed by atoms with E-state index in [1.165, 1.54) is 0 Å². The number of hydrogen-bond donors (Lipinski definition) is 1. The van der Waals surface area contributed by atoms with Gasteiger partial charge in [0.1, 0.15) is 0 Å². The van der Waals surface area contributed by atoms with Crippen LogP contribution in [0.15, 0.2) is 30.3 Å². The Kier molecular flexibility index (Phi) is 4.04. The summed E-state index contributed by atoms with van der Waals surface area (Å²) in [6.07, 6.45) is 1.61. The molecule has 1 N–H and O–H groups in total. The maximum atomic E-state index is 11.7. The Labute approximate surface area is 90.9 Å². The van der Waals surface area contributed by atoms with E-state index in [1.807, 2.05) is 37.3 Å². The molecule has 1 atom stereocenters. The van der Waals surface area contributed by atoms with Gasteiger partial charge in [-0.2, -0.15) is 0 Å². The van der Waals surface area contributed by atoms with Crippen LogP contribution in [0.5, 0.6) is 0 Å². The van der Waals surface area contributed by atoms with Crippen LogP contribution in [0.4, 0.5) is 0 Å². The first kappa shape index (κ1) is 11.9. The molecule has 0 fully saturated rings. The van der Waals surface area contributed by atoms with E-state index in [-0.39, 0.29) is 5.78 Å². The summed E-state index contributed by atoms with van der Waals surface area (Å²) in [5.74, 6) is 0.101. The van der Waals surface area contributed by atoms with Gasteiger partial charge in [0.25, 0.3) is 0 Å². The lowest BCUT2D eigenvalue weighted by Gasteiger charge is -2.20. The third-order valence-corrected chi connectivity index (χ3v) is 2.75. The number of rotatable bonds is 5. The van der Waals surface area contributed by atoms with Crippen LogP contribution in [-0.2, 0) is 0 Å². The molecule has 0 aliphatic rings. The van der Waals surface area contributed by atoms with E-state index in [4.69, 9.17) is 0 Å². The van der Waals surface area contributed by atoms with Gasteiger partial charge in [-0.3, -0.25) is 4.79 Å². The van der Waals surface area contributed by atoms with Gasteiger partial charge in [0.05, 0.1) is 5.60 Å². The van der Waals surface area contributed by atoms with Crippen molar-refractivity contribution < 1.29 is 9.90 Å². The number of ketones is 1. The molecule has 1 aromatic rings. The van der Waals surface area contributed by atoms with Gasteiger partial charge in [-0.05, 0) is 19.8 Å². The minimum Gasteiger partial charge on any atom is -0.390 e. The van der Waals surface area contributed by atoms with Crippen LogP contribution in [0, 0.1) is 0 Å². The fraction of sp³-hybridized carbons (Fsp3) is 0.462. The Balaban J connectivity index is 2.51. The lowest BCUT2D eigenvalue weighted by Crippen LogP contribution is -2.23. The van der Waals surface area contributed by atoms with Gasteiger partial charge in [-0.25, -0.2) is 0 Å². The SMILES string of the molecule is CCC(C)(O)CCC(=O)c1ccccc1. The summed E-state index contributed by atoms with van der Waals surface area (Å²) >= 11 is 0. The predicted octanol–water partition coefficient (Wildman–Crippen LogP) is 2.81. The molecule has 0 amide bonds. The molecule has 0 saturated carbocycles. The van der Waals surface area contributed by atoms with E-state index in [0.29, 0.717) is 19.3 Å². The van der Waals surface area contributed by atoms with Crippen molar-refractivity contribution in [3.05, 3.63) is 35.9 Å². The lowest BCUT2D eigenvalue weighted by molar-refractivity contribution is 0.0432. The van der Waals surface area contributed by atoms with Crippen LogP contribution in [-0.4, -0.2) is 16.5 Å². The van der Waals surface area contributed by atoms with Crippen molar-refractivity contribution in [2.45, 2.75) is 38.7 Å². The fourth-order valence-corrected chi connectivity index (χ4v) is 1.33. The van der Waals surface area contributed by atoms with Crippen LogP contribution in [0.25, 0.3) is 0 Å². The van der Waals surface area contributed by atoms with E-state index in [2.05, 4.69) is 0 Å². The van der Waals surface area contributed by atoms with Gasteiger partial charge < -0.3 is 5.11 Å². The second-order valence-corrected chi connectivity index (χ2v) is 4.14. The Morgan fingerprint density at radius 1 is 1.33 bits per heavy atom. The highest BCUT2D eigenvalue weighted by Crippen LogP contribution is 2.17. The molecular formula is C13H18O2. The average molecular weight is 206 g/mol. The van der Waals surface area contributed by atoms with Crippen molar-refractivity contribution in [3.63, 3.8) is 0 Å². The molecule has 2 heteroatoms. The molecule has 0 spiro atoms. The second kappa shape index (κ2) is 5.08.